The van der Waals surface area contributed by atoms with Crippen LogP contribution in [0.4, 0.5) is 0 Å². The van der Waals surface area contributed by atoms with Crippen molar-refractivity contribution in [3.05, 3.63) is 17.7 Å². The zero-order valence-corrected chi connectivity index (χ0v) is 11.8. The Morgan fingerprint density at radius 3 is 2.95 bits per heavy atom. The molecule has 1 aromatic heterocycles. The summed E-state index contributed by atoms with van der Waals surface area (Å²) in [6.45, 7) is 0.842. The van der Waals surface area contributed by atoms with Crippen LogP contribution in [0.3, 0.4) is 0 Å². The Bertz CT molecular complexity index is 564. The van der Waals surface area contributed by atoms with Crippen molar-refractivity contribution in [1.29, 1.82) is 0 Å². The first-order chi connectivity index (χ1) is 9.08. The Morgan fingerprint density at radius 2 is 2.16 bits per heavy atom. The highest BCUT2D eigenvalue weighted by Crippen LogP contribution is 2.28. The fraction of sp³-hybridized carbons (Fsp3) is 0.769. The number of imidazole rings is 1. The van der Waals surface area contributed by atoms with E-state index in [4.69, 9.17) is 0 Å². The summed E-state index contributed by atoms with van der Waals surface area (Å²) in [7, 11) is -2.96. The summed E-state index contributed by atoms with van der Waals surface area (Å²) >= 11 is 0. The molecule has 3 heterocycles. The Balaban J connectivity index is 1.84. The maximum absolute atomic E-state index is 12.1. The Morgan fingerprint density at radius 1 is 1.32 bits per heavy atom. The van der Waals surface area contributed by atoms with Crippen molar-refractivity contribution in [3.8, 4) is 0 Å². The molecule has 19 heavy (non-hydrogen) atoms. The Labute approximate surface area is 113 Å². The second-order valence-corrected chi connectivity index (χ2v) is 8.00. The average Bonchev–Trinajstić information content (AvgIpc) is 2.77. The van der Waals surface area contributed by atoms with Crippen molar-refractivity contribution in [2.24, 2.45) is 0 Å². The van der Waals surface area contributed by atoms with E-state index in [1.165, 1.54) is 0 Å². The van der Waals surface area contributed by atoms with E-state index in [0.717, 1.165) is 50.2 Å². The van der Waals surface area contributed by atoms with Gasteiger partial charge in [-0.15, -0.1) is 0 Å². The van der Waals surface area contributed by atoms with E-state index < -0.39 is 15.9 Å². The lowest BCUT2D eigenvalue weighted by molar-refractivity contribution is 0.138. The van der Waals surface area contributed by atoms with Gasteiger partial charge in [0.25, 0.3) is 0 Å². The first-order valence-electron chi connectivity index (χ1n) is 7.02. The van der Waals surface area contributed by atoms with Crippen LogP contribution in [0.2, 0.25) is 0 Å². The molecule has 1 aromatic rings. The van der Waals surface area contributed by atoms with Gasteiger partial charge in [0.2, 0.25) is 0 Å². The predicted octanol–water partition coefficient (Wildman–Crippen LogP) is 1.22. The van der Waals surface area contributed by atoms with E-state index in [1.807, 2.05) is 4.57 Å². The average molecular weight is 284 g/mol. The molecule has 1 fully saturated rings. The van der Waals surface area contributed by atoms with Crippen LogP contribution in [-0.2, 0) is 22.8 Å². The van der Waals surface area contributed by atoms with Crippen LogP contribution in [0.5, 0.6) is 0 Å². The highest BCUT2D eigenvalue weighted by molar-refractivity contribution is 7.92. The Hall–Kier alpha value is -0.880. The molecule has 0 amide bonds. The highest BCUT2D eigenvalue weighted by Gasteiger charge is 2.31. The number of hydrogen-bond donors (Lipinski definition) is 1. The third-order valence-corrected chi connectivity index (χ3v) is 6.57. The molecular formula is C13H20N2O3S. The lowest BCUT2D eigenvalue weighted by Gasteiger charge is -2.24. The molecular weight excluding hydrogens is 264 g/mol. The molecule has 0 aliphatic carbocycles. The number of fused-ring (bicyclic) bond motifs is 1. The zero-order valence-electron chi connectivity index (χ0n) is 11.0. The maximum atomic E-state index is 12.1. The molecule has 3 rings (SSSR count). The third kappa shape index (κ3) is 2.43. The van der Waals surface area contributed by atoms with Gasteiger partial charge in [0, 0.05) is 13.0 Å². The molecule has 2 unspecified atom stereocenters. The molecule has 6 heteroatoms. The van der Waals surface area contributed by atoms with Crippen molar-refractivity contribution in [1.82, 2.24) is 9.55 Å². The quantitative estimate of drug-likeness (QED) is 0.886. The van der Waals surface area contributed by atoms with Crippen molar-refractivity contribution in [2.75, 3.05) is 5.75 Å². The second kappa shape index (κ2) is 4.90. The first kappa shape index (κ1) is 13.1. The smallest absolute Gasteiger partial charge is 0.153 e. The van der Waals surface area contributed by atoms with E-state index in [-0.39, 0.29) is 5.25 Å². The molecule has 106 valence electrons. The minimum atomic E-state index is -2.96. The molecule has 0 radical (unpaired) electrons. The topological polar surface area (TPSA) is 72.2 Å². The molecule has 1 saturated heterocycles. The molecule has 0 saturated carbocycles. The number of aromatic nitrogens is 2. The zero-order chi connectivity index (χ0) is 13.5. The standard InChI is InChI=1S/C13H20N2O3S/c16-12-5-3-6-15-11(12)9-14-13(15)8-10-4-1-2-7-19(10,17)18/h9-10,12,16H,1-8H2. The van der Waals surface area contributed by atoms with E-state index in [9.17, 15) is 13.5 Å². The fourth-order valence-corrected chi connectivity index (χ4v) is 5.03. The van der Waals surface area contributed by atoms with Crippen molar-refractivity contribution >= 4 is 9.84 Å². The van der Waals surface area contributed by atoms with Gasteiger partial charge in [0.15, 0.2) is 9.84 Å². The summed E-state index contributed by atoms with van der Waals surface area (Å²) in [6.07, 6.45) is 5.97. The van der Waals surface area contributed by atoms with Crippen molar-refractivity contribution in [3.63, 3.8) is 0 Å². The highest BCUT2D eigenvalue weighted by atomic mass is 32.2. The summed E-state index contributed by atoms with van der Waals surface area (Å²) < 4.78 is 26.1. The second-order valence-electron chi connectivity index (χ2n) is 5.60. The summed E-state index contributed by atoms with van der Waals surface area (Å²) in [5.41, 5.74) is 0.842. The van der Waals surface area contributed by atoms with Crippen LogP contribution in [0.15, 0.2) is 6.20 Å². The number of rotatable bonds is 2. The van der Waals surface area contributed by atoms with Crippen LogP contribution in [-0.4, -0.2) is 34.1 Å². The van der Waals surface area contributed by atoms with Gasteiger partial charge < -0.3 is 9.67 Å². The molecule has 1 N–H and O–H groups in total. The first-order valence-corrected chi connectivity index (χ1v) is 8.73. The van der Waals surface area contributed by atoms with Crippen LogP contribution in [0.25, 0.3) is 0 Å². The van der Waals surface area contributed by atoms with Gasteiger partial charge in [-0.25, -0.2) is 13.4 Å². The van der Waals surface area contributed by atoms with Crippen LogP contribution in [0, 0.1) is 0 Å². The number of hydrogen-bond acceptors (Lipinski definition) is 4. The summed E-state index contributed by atoms with van der Waals surface area (Å²) in [5, 5.41) is 9.62. The summed E-state index contributed by atoms with van der Waals surface area (Å²) in [4.78, 5) is 4.35. The number of nitrogens with zero attached hydrogens (tertiary/aromatic N) is 2. The minimum absolute atomic E-state index is 0.285. The van der Waals surface area contributed by atoms with Gasteiger partial charge in [-0.2, -0.15) is 0 Å². The van der Waals surface area contributed by atoms with E-state index in [1.54, 1.807) is 6.20 Å². The molecule has 5 nitrogen and oxygen atoms in total. The van der Waals surface area contributed by atoms with Gasteiger partial charge in [0.1, 0.15) is 5.82 Å². The number of sulfone groups is 1. The van der Waals surface area contributed by atoms with E-state index >= 15 is 0 Å². The maximum Gasteiger partial charge on any atom is 0.153 e. The van der Waals surface area contributed by atoms with Crippen molar-refractivity contribution < 1.29 is 13.5 Å². The monoisotopic (exact) mass is 284 g/mol. The lowest BCUT2D eigenvalue weighted by Crippen LogP contribution is -2.31. The van der Waals surface area contributed by atoms with Gasteiger partial charge in [0.05, 0.1) is 29.0 Å². The number of aliphatic hydroxyl groups is 1. The van der Waals surface area contributed by atoms with Gasteiger partial charge in [-0.3, -0.25) is 0 Å². The van der Waals surface area contributed by atoms with E-state index in [0.29, 0.717) is 12.2 Å². The largest absolute Gasteiger partial charge is 0.387 e. The minimum Gasteiger partial charge on any atom is -0.387 e. The lowest BCUT2D eigenvalue weighted by atomic mass is 10.1. The normalized spacial score (nSPS) is 29.9. The molecule has 0 spiro atoms. The van der Waals surface area contributed by atoms with Crippen LogP contribution in [0.1, 0.15) is 49.7 Å². The van der Waals surface area contributed by atoms with Gasteiger partial charge in [-0.05, 0) is 25.7 Å². The Kier molecular flexibility index (Phi) is 3.39. The van der Waals surface area contributed by atoms with E-state index in [2.05, 4.69) is 4.98 Å². The SMILES string of the molecule is O=S1(=O)CCCCC1Cc1ncc2n1CCCC2O. The van der Waals surface area contributed by atoms with Crippen LogP contribution < -0.4 is 0 Å². The third-order valence-electron chi connectivity index (χ3n) is 4.29. The fourth-order valence-electron chi connectivity index (χ4n) is 3.16. The van der Waals surface area contributed by atoms with Gasteiger partial charge in [-0.1, -0.05) is 6.42 Å². The summed E-state index contributed by atoms with van der Waals surface area (Å²) in [5.74, 6) is 1.14. The van der Waals surface area contributed by atoms with Crippen LogP contribution >= 0.6 is 0 Å². The molecule has 2 aliphatic heterocycles. The number of aliphatic hydroxyl groups excluding tert-OH is 1. The van der Waals surface area contributed by atoms with Crippen molar-refractivity contribution in [2.45, 2.75) is 56.4 Å². The molecule has 2 aliphatic rings. The molecule has 2 atom stereocenters. The molecule has 0 bridgehead atoms. The van der Waals surface area contributed by atoms with Gasteiger partial charge >= 0.3 is 0 Å². The predicted molar refractivity (Wildman–Crippen MR) is 71.6 cm³/mol. The molecule has 0 aromatic carbocycles. The summed E-state index contributed by atoms with van der Waals surface area (Å²) in [6, 6.07) is 0.